The van der Waals surface area contributed by atoms with Crippen molar-refractivity contribution in [3.63, 3.8) is 0 Å². The van der Waals surface area contributed by atoms with Crippen LogP contribution in [0, 0.1) is 0 Å². The molecule has 2 rings (SSSR count). The molecule has 5 heteroatoms. The lowest BCUT2D eigenvalue weighted by Crippen LogP contribution is -2.14. The minimum atomic E-state index is -0.0506. The number of carbonyl (C=O) groups excluding carboxylic acids is 1. The van der Waals surface area contributed by atoms with Crippen molar-refractivity contribution in [2.24, 2.45) is 0 Å². The van der Waals surface area contributed by atoms with Crippen molar-refractivity contribution in [1.82, 2.24) is 4.98 Å². The molecule has 1 amide bonds. The van der Waals surface area contributed by atoms with Crippen molar-refractivity contribution >= 4 is 33.3 Å². The quantitative estimate of drug-likeness (QED) is 0.880. The maximum atomic E-state index is 11.9. The van der Waals surface area contributed by atoms with Crippen molar-refractivity contribution < 1.29 is 4.79 Å². The average Bonchev–Trinajstić information content (AvgIpc) is 2.44. The van der Waals surface area contributed by atoms with Gasteiger partial charge in [0.25, 0.3) is 0 Å². The number of hydrogen-bond donors (Lipinski definition) is 2. The number of rotatable bonds is 5. The Hall–Kier alpha value is -1.88. The summed E-state index contributed by atoms with van der Waals surface area (Å²) in [4.78, 5) is 16.1. The first kappa shape index (κ1) is 14.5. The fourth-order valence-corrected chi connectivity index (χ4v) is 2.01. The highest BCUT2D eigenvalue weighted by Gasteiger charge is 2.04. The zero-order chi connectivity index (χ0) is 14.4. The van der Waals surface area contributed by atoms with Gasteiger partial charge in [0, 0.05) is 11.0 Å². The van der Waals surface area contributed by atoms with Crippen LogP contribution < -0.4 is 10.6 Å². The lowest BCUT2D eigenvalue weighted by Gasteiger charge is -2.07. The Bertz CT molecular complexity index is 567. The minimum Gasteiger partial charge on any atom is -0.370 e. The summed E-state index contributed by atoms with van der Waals surface area (Å²) in [6, 6.07) is 11.4. The van der Waals surface area contributed by atoms with Crippen molar-refractivity contribution in [3.05, 3.63) is 52.6 Å². The van der Waals surface area contributed by atoms with Gasteiger partial charge in [0.05, 0.1) is 18.3 Å². The van der Waals surface area contributed by atoms with Gasteiger partial charge in [-0.1, -0.05) is 28.1 Å². The first-order valence-corrected chi connectivity index (χ1v) is 7.21. The molecule has 0 unspecified atom stereocenters. The van der Waals surface area contributed by atoms with E-state index in [1.54, 1.807) is 6.20 Å². The van der Waals surface area contributed by atoms with Crippen LogP contribution in [0.25, 0.3) is 0 Å². The lowest BCUT2D eigenvalue weighted by atomic mass is 10.1. The highest BCUT2D eigenvalue weighted by atomic mass is 79.9. The molecule has 0 radical (unpaired) electrons. The van der Waals surface area contributed by atoms with Crippen LogP contribution in [-0.4, -0.2) is 17.4 Å². The topological polar surface area (TPSA) is 54.0 Å². The molecule has 0 aliphatic rings. The number of nitrogens with one attached hydrogen (secondary N) is 2. The summed E-state index contributed by atoms with van der Waals surface area (Å²) in [5.74, 6) is 0.753. The molecule has 2 aromatic rings. The van der Waals surface area contributed by atoms with Crippen molar-refractivity contribution in [2.75, 3.05) is 17.2 Å². The Balaban J connectivity index is 1.92. The maximum Gasteiger partial charge on any atom is 0.228 e. The summed E-state index contributed by atoms with van der Waals surface area (Å²) in [5, 5.41) is 5.94. The van der Waals surface area contributed by atoms with E-state index in [4.69, 9.17) is 0 Å². The SMILES string of the molecule is CCNc1ccc(NC(=O)Cc2ccc(Br)cc2)cn1. The van der Waals surface area contributed by atoms with Crippen molar-refractivity contribution in [2.45, 2.75) is 13.3 Å². The van der Waals surface area contributed by atoms with Gasteiger partial charge in [-0.2, -0.15) is 0 Å². The number of halogens is 1. The van der Waals surface area contributed by atoms with Gasteiger partial charge in [0.2, 0.25) is 5.91 Å². The van der Waals surface area contributed by atoms with Gasteiger partial charge in [0.15, 0.2) is 0 Å². The average molecular weight is 334 g/mol. The molecule has 2 N–H and O–H groups in total. The number of hydrogen-bond acceptors (Lipinski definition) is 3. The van der Waals surface area contributed by atoms with Crippen LogP contribution >= 0.6 is 15.9 Å². The van der Waals surface area contributed by atoms with Gasteiger partial charge in [0.1, 0.15) is 5.82 Å². The fraction of sp³-hybridized carbons (Fsp3) is 0.200. The van der Waals surface area contributed by atoms with Crippen LogP contribution in [0.15, 0.2) is 47.1 Å². The van der Waals surface area contributed by atoms with Crippen LogP contribution in [0.2, 0.25) is 0 Å². The minimum absolute atomic E-state index is 0.0506. The van der Waals surface area contributed by atoms with E-state index in [-0.39, 0.29) is 5.91 Å². The normalized spacial score (nSPS) is 10.1. The molecule has 0 saturated heterocycles. The largest absolute Gasteiger partial charge is 0.370 e. The molecule has 0 aliphatic carbocycles. The molecule has 1 aromatic carbocycles. The van der Waals surface area contributed by atoms with E-state index in [1.165, 1.54) is 0 Å². The summed E-state index contributed by atoms with van der Waals surface area (Å²) in [6.07, 6.45) is 2.00. The number of pyridine rings is 1. The van der Waals surface area contributed by atoms with Gasteiger partial charge in [-0.15, -0.1) is 0 Å². The summed E-state index contributed by atoms with van der Waals surface area (Å²) < 4.78 is 1.00. The molecule has 0 aliphatic heterocycles. The Morgan fingerprint density at radius 2 is 1.95 bits per heavy atom. The third kappa shape index (κ3) is 4.35. The standard InChI is InChI=1S/C15H16BrN3O/c1-2-17-14-8-7-13(10-18-14)19-15(20)9-11-3-5-12(16)6-4-11/h3-8,10H,2,9H2,1H3,(H,17,18)(H,19,20). The first-order valence-electron chi connectivity index (χ1n) is 6.41. The van der Waals surface area contributed by atoms with Crippen LogP contribution in [0.3, 0.4) is 0 Å². The van der Waals surface area contributed by atoms with Gasteiger partial charge in [-0.3, -0.25) is 4.79 Å². The molecule has 0 spiro atoms. The Kier molecular flexibility index (Phi) is 5.12. The number of benzene rings is 1. The second kappa shape index (κ2) is 7.05. The van der Waals surface area contributed by atoms with Crippen LogP contribution in [0.1, 0.15) is 12.5 Å². The molecule has 0 saturated carbocycles. The summed E-state index contributed by atoms with van der Waals surface area (Å²) in [5.41, 5.74) is 1.68. The van der Waals surface area contributed by atoms with Crippen molar-refractivity contribution in [1.29, 1.82) is 0 Å². The molecule has 20 heavy (non-hydrogen) atoms. The Labute approximate surface area is 126 Å². The van der Waals surface area contributed by atoms with E-state index < -0.39 is 0 Å². The highest BCUT2D eigenvalue weighted by Crippen LogP contribution is 2.13. The number of anilines is 2. The molecule has 0 atom stereocenters. The number of nitrogens with zero attached hydrogens (tertiary/aromatic N) is 1. The van der Waals surface area contributed by atoms with E-state index in [0.717, 1.165) is 22.4 Å². The van der Waals surface area contributed by atoms with E-state index in [9.17, 15) is 4.79 Å². The van der Waals surface area contributed by atoms with Crippen LogP contribution in [-0.2, 0) is 11.2 Å². The Morgan fingerprint density at radius 1 is 1.20 bits per heavy atom. The molecule has 4 nitrogen and oxygen atoms in total. The lowest BCUT2D eigenvalue weighted by molar-refractivity contribution is -0.115. The first-order chi connectivity index (χ1) is 9.67. The molecular formula is C15H16BrN3O. The number of aromatic nitrogens is 1. The molecule has 104 valence electrons. The monoisotopic (exact) mass is 333 g/mol. The predicted molar refractivity (Wildman–Crippen MR) is 84.9 cm³/mol. The smallest absolute Gasteiger partial charge is 0.228 e. The third-order valence-corrected chi connectivity index (χ3v) is 3.21. The number of carbonyl (C=O) groups is 1. The van der Waals surface area contributed by atoms with Crippen LogP contribution in [0.5, 0.6) is 0 Å². The molecule has 1 aromatic heterocycles. The highest BCUT2D eigenvalue weighted by molar-refractivity contribution is 9.10. The fourth-order valence-electron chi connectivity index (χ4n) is 1.75. The predicted octanol–water partition coefficient (Wildman–Crippen LogP) is 3.46. The molecule has 1 heterocycles. The Morgan fingerprint density at radius 3 is 2.55 bits per heavy atom. The zero-order valence-corrected chi connectivity index (χ0v) is 12.8. The van der Waals surface area contributed by atoms with Gasteiger partial charge in [-0.25, -0.2) is 4.98 Å². The number of amides is 1. The van der Waals surface area contributed by atoms with E-state index in [0.29, 0.717) is 12.1 Å². The molecule has 0 bridgehead atoms. The second-order valence-corrected chi connectivity index (χ2v) is 5.23. The third-order valence-electron chi connectivity index (χ3n) is 2.68. The van der Waals surface area contributed by atoms with E-state index >= 15 is 0 Å². The van der Waals surface area contributed by atoms with Crippen LogP contribution in [0.4, 0.5) is 11.5 Å². The van der Waals surface area contributed by atoms with Crippen molar-refractivity contribution in [3.8, 4) is 0 Å². The summed E-state index contributed by atoms with van der Waals surface area (Å²) in [7, 11) is 0. The zero-order valence-electron chi connectivity index (χ0n) is 11.2. The summed E-state index contributed by atoms with van der Waals surface area (Å²) in [6.45, 7) is 2.83. The van der Waals surface area contributed by atoms with E-state index in [2.05, 4.69) is 31.5 Å². The molecular weight excluding hydrogens is 318 g/mol. The van der Waals surface area contributed by atoms with Gasteiger partial charge >= 0.3 is 0 Å². The molecule has 0 fully saturated rings. The van der Waals surface area contributed by atoms with Gasteiger partial charge in [-0.05, 0) is 36.8 Å². The van der Waals surface area contributed by atoms with E-state index in [1.807, 2.05) is 43.3 Å². The van der Waals surface area contributed by atoms with Gasteiger partial charge < -0.3 is 10.6 Å². The maximum absolute atomic E-state index is 11.9. The second-order valence-electron chi connectivity index (χ2n) is 4.31. The summed E-state index contributed by atoms with van der Waals surface area (Å²) >= 11 is 3.37.